The average Bonchev–Trinajstić information content (AvgIpc) is 2.15. The van der Waals surface area contributed by atoms with Crippen LogP contribution in [0.3, 0.4) is 0 Å². The van der Waals surface area contributed by atoms with Crippen molar-refractivity contribution in [2.45, 2.75) is 12.3 Å². The summed E-state index contributed by atoms with van der Waals surface area (Å²) < 4.78 is 13.3. The number of aliphatic carboxylic acids is 1. The van der Waals surface area contributed by atoms with Crippen molar-refractivity contribution in [1.29, 1.82) is 5.26 Å². The molecule has 0 amide bonds. The van der Waals surface area contributed by atoms with Gasteiger partial charge in [-0.3, -0.25) is 4.79 Å². The predicted octanol–water partition coefficient (Wildman–Crippen LogP) is 2.56. The molecule has 5 heteroatoms. The van der Waals surface area contributed by atoms with Crippen molar-refractivity contribution in [3.8, 4) is 6.07 Å². The van der Waals surface area contributed by atoms with Gasteiger partial charge in [0.1, 0.15) is 5.82 Å². The van der Waals surface area contributed by atoms with Crippen molar-refractivity contribution in [1.82, 2.24) is 0 Å². The first-order chi connectivity index (χ1) is 7.06. The van der Waals surface area contributed by atoms with Crippen LogP contribution >= 0.6 is 11.6 Å². The van der Waals surface area contributed by atoms with Gasteiger partial charge in [-0.15, -0.1) is 0 Å². The molecule has 0 saturated carbocycles. The van der Waals surface area contributed by atoms with Gasteiger partial charge in [0.25, 0.3) is 0 Å². The zero-order chi connectivity index (χ0) is 11.4. The molecule has 78 valence electrons. The van der Waals surface area contributed by atoms with Crippen molar-refractivity contribution in [3.05, 3.63) is 34.6 Å². The molecule has 0 aromatic heterocycles. The number of carboxylic acids is 1. The summed E-state index contributed by atoms with van der Waals surface area (Å²) in [6.45, 7) is 0. The van der Waals surface area contributed by atoms with Crippen LogP contribution in [0.15, 0.2) is 18.2 Å². The molecule has 0 spiro atoms. The Hall–Kier alpha value is -1.60. The molecule has 0 aliphatic rings. The molecule has 0 radical (unpaired) electrons. The van der Waals surface area contributed by atoms with Crippen LogP contribution < -0.4 is 0 Å². The third-order valence-corrected chi connectivity index (χ3v) is 2.21. The van der Waals surface area contributed by atoms with E-state index in [-0.39, 0.29) is 10.6 Å². The molecule has 0 fully saturated rings. The summed E-state index contributed by atoms with van der Waals surface area (Å²) in [4.78, 5) is 10.4. The largest absolute Gasteiger partial charge is 0.481 e. The Labute approximate surface area is 90.7 Å². The lowest BCUT2D eigenvalue weighted by molar-refractivity contribution is -0.137. The van der Waals surface area contributed by atoms with Gasteiger partial charge in [-0.25, -0.2) is 4.39 Å². The van der Waals surface area contributed by atoms with Crippen molar-refractivity contribution < 1.29 is 14.3 Å². The van der Waals surface area contributed by atoms with E-state index in [1.807, 2.05) is 0 Å². The molecule has 0 bridgehead atoms. The Morgan fingerprint density at radius 2 is 2.33 bits per heavy atom. The van der Waals surface area contributed by atoms with Gasteiger partial charge < -0.3 is 5.11 Å². The number of hydrogen-bond acceptors (Lipinski definition) is 2. The van der Waals surface area contributed by atoms with Crippen LogP contribution in [-0.2, 0) is 4.79 Å². The van der Waals surface area contributed by atoms with Crippen molar-refractivity contribution in [2.24, 2.45) is 0 Å². The monoisotopic (exact) mass is 227 g/mol. The molecular weight excluding hydrogens is 221 g/mol. The maximum atomic E-state index is 13.3. The number of rotatable bonds is 3. The lowest BCUT2D eigenvalue weighted by atomic mass is 9.97. The standard InChI is InChI=1S/C10H7ClFNO2/c11-7-2-1-3-8(12)10(7)6(5-13)4-9(14)15/h1-3,6H,4H2,(H,14,15). The van der Waals surface area contributed by atoms with Crippen molar-refractivity contribution in [3.63, 3.8) is 0 Å². The lowest BCUT2D eigenvalue weighted by Crippen LogP contribution is -2.06. The Balaban J connectivity index is 3.13. The maximum absolute atomic E-state index is 13.3. The first-order valence-electron chi connectivity index (χ1n) is 4.11. The summed E-state index contributed by atoms with van der Waals surface area (Å²) in [5, 5.41) is 17.4. The average molecular weight is 228 g/mol. The Morgan fingerprint density at radius 1 is 1.67 bits per heavy atom. The summed E-state index contributed by atoms with van der Waals surface area (Å²) in [7, 11) is 0. The van der Waals surface area contributed by atoms with E-state index in [0.717, 1.165) is 6.07 Å². The third-order valence-electron chi connectivity index (χ3n) is 1.88. The summed E-state index contributed by atoms with van der Waals surface area (Å²) in [6, 6.07) is 5.69. The first-order valence-corrected chi connectivity index (χ1v) is 4.49. The van der Waals surface area contributed by atoms with Crippen LogP contribution in [0.25, 0.3) is 0 Å². The highest BCUT2D eigenvalue weighted by atomic mass is 35.5. The van der Waals surface area contributed by atoms with E-state index in [1.54, 1.807) is 6.07 Å². The molecule has 1 N–H and O–H groups in total. The Morgan fingerprint density at radius 3 is 2.80 bits per heavy atom. The van der Waals surface area contributed by atoms with Crippen LogP contribution in [0.2, 0.25) is 5.02 Å². The number of carboxylic acid groups (broad SMARTS) is 1. The minimum atomic E-state index is -1.17. The van der Waals surface area contributed by atoms with Gasteiger partial charge in [-0.1, -0.05) is 17.7 Å². The number of benzene rings is 1. The molecular formula is C10H7ClFNO2. The van der Waals surface area contributed by atoms with Crippen molar-refractivity contribution in [2.75, 3.05) is 0 Å². The number of halogens is 2. The molecule has 0 aliphatic carbocycles. The molecule has 0 heterocycles. The van der Waals surface area contributed by atoms with E-state index in [0.29, 0.717) is 0 Å². The van der Waals surface area contributed by atoms with E-state index in [1.165, 1.54) is 12.1 Å². The van der Waals surface area contributed by atoms with Crippen LogP contribution in [0, 0.1) is 17.1 Å². The highest BCUT2D eigenvalue weighted by Crippen LogP contribution is 2.29. The summed E-state index contributed by atoms with van der Waals surface area (Å²) in [5.41, 5.74) is -0.0518. The molecule has 15 heavy (non-hydrogen) atoms. The van der Waals surface area contributed by atoms with Crippen LogP contribution in [0.1, 0.15) is 17.9 Å². The minimum absolute atomic E-state index is 0.0518. The Bertz CT molecular complexity index is 408. The summed E-state index contributed by atoms with van der Waals surface area (Å²) >= 11 is 5.70. The van der Waals surface area contributed by atoms with Gasteiger partial charge in [0, 0.05) is 10.6 Å². The molecule has 0 aliphatic heterocycles. The van der Waals surface area contributed by atoms with Gasteiger partial charge in [0.05, 0.1) is 18.4 Å². The summed E-state index contributed by atoms with van der Waals surface area (Å²) in [6.07, 6.45) is -0.461. The fourth-order valence-electron chi connectivity index (χ4n) is 1.23. The van der Waals surface area contributed by atoms with E-state index in [4.69, 9.17) is 22.0 Å². The van der Waals surface area contributed by atoms with Gasteiger partial charge in [-0.2, -0.15) is 5.26 Å². The first kappa shape index (κ1) is 11.5. The van der Waals surface area contributed by atoms with E-state index in [2.05, 4.69) is 0 Å². The Kier molecular flexibility index (Phi) is 3.64. The predicted molar refractivity (Wildman–Crippen MR) is 52.0 cm³/mol. The normalized spacial score (nSPS) is 11.8. The smallest absolute Gasteiger partial charge is 0.305 e. The van der Waals surface area contributed by atoms with Crippen LogP contribution in [0.5, 0.6) is 0 Å². The second-order valence-corrected chi connectivity index (χ2v) is 3.32. The quantitative estimate of drug-likeness (QED) is 0.863. The maximum Gasteiger partial charge on any atom is 0.305 e. The van der Waals surface area contributed by atoms with Gasteiger partial charge in [-0.05, 0) is 12.1 Å². The molecule has 0 saturated heterocycles. The number of hydrogen-bond donors (Lipinski definition) is 1. The van der Waals surface area contributed by atoms with Gasteiger partial charge in [0.15, 0.2) is 0 Å². The third kappa shape index (κ3) is 2.67. The molecule has 1 unspecified atom stereocenters. The van der Waals surface area contributed by atoms with Gasteiger partial charge >= 0.3 is 5.97 Å². The fourth-order valence-corrected chi connectivity index (χ4v) is 1.53. The zero-order valence-electron chi connectivity index (χ0n) is 7.58. The highest BCUT2D eigenvalue weighted by Gasteiger charge is 2.21. The highest BCUT2D eigenvalue weighted by molar-refractivity contribution is 6.31. The second-order valence-electron chi connectivity index (χ2n) is 2.91. The van der Waals surface area contributed by atoms with Crippen LogP contribution in [0.4, 0.5) is 4.39 Å². The number of carbonyl (C=O) groups is 1. The molecule has 3 nitrogen and oxygen atoms in total. The van der Waals surface area contributed by atoms with Crippen LogP contribution in [-0.4, -0.2) is 11.1 Å². The SMILES string of the molecule is N#CC(CC(=O)O)c1c(F)cccc1Cl. The molecule has 1 rings (SSSR count). The topological polar surface area (TPSA) is 61.1 Å². The minimum Gasteiger partial charge on any atom is -0.481 e. The van der Waals surface area contributed by atoms with E-state index >= 15 is 0 Å². The van der Waals surface area contributed by atoms with E-state index < -0.39 is 24.1 Å². The number of nitrogens with zero attached hydrogens (tertiary/aromatic N) is 1. The molecule has 1 atom stereocenters. The zero-order valence-corrected chi connectivity index (χ0v) is 8.33. The van der Waals surface area contributed by atoms with E-state index in [9.17, 15) is 9.18 Å². The van der Waals surface area contributed by atoms with Crippen molar-refractivity contribution >= 4 is 17.6 Å². The number of nitriles is 1. The second kappa shape index (κ2) is 4.76. The fraction of sp³-hybridized carbons (Fsp3) is 0.200. The lowest BCUT2D eigenvalue weighted by Gasteiger charge is -2.09. The summed E-state index contributed by atoms with van der Waals surface area (Å²) in [5.74, 6) is -2.88. The van der Waals surface area contributed by atoms with Gasteiger partial charge in [0.2, 0.25) is 0 Å². The molecule has 1 aromatic carbocycles. The molecule has 1 aromatic rings.